The predicted molar refractivity (Wildman–Crippen MR) is 85.3 cm³/mol. The molecule has 0 radical (unpaired) electrons. The van der Waals surface area contributed by atoms with Gasteiger partial charge < -0.3 is 31.2 Å². The first kappa shape index (κ1) is 22.5. The monoisotopic (exact) mass is 537 g/mol. The van der Waals surface area contributed by atoms with E-state index in [-0.39, 0.29) is 64.2 Å². The molecule has 3 fully saturated rings. The van der Waals surface area contributed by atoms with E-state index in [1.807, 2.05) is 0 Å². The van der Waals surface area contributed by atoms with Crippen molar-refractivity contribution >= 4 is 11.9 Å². The Morgan fingerprint density at radius 2 is 1.44 bits per heavy atom. The minimum absolute atomic E-state index is 0. The molecule has 0 amide bonds. The molecule has 0 aromatic heterocycles. The van der Waals surface area contributed by atoms with E-state index in [0.717, 1.165) is 0 Å². The normalized spacial score (nSPS) is 34.5. The molecule has 0 spiro atoms. The Labute approximate surface area is 161 Å². The van der Waals surface area contributed by atoms with Crippen LogP contribution < -0.4 is 0 Å². The first-order valence-corrected chi connectivity index (χ1v) is 8.35. The molecule has 0 bridgehead atoms. The summed E-state index contributed by atoms with van der Waals surface area (Å²) in [6.07, 6.45) is 1.33. The smallest absolute Gasteiger partial charge is 0.677 e. The molecule has 4 atom stereocenters. The first-order chi connectivity index (χ1) is 11.3. The molecule has 25 heavy (non-hydrogen) atoms. The second kappa shape index (κ2) is 8.91. The molecule has 1 aliphatic heterocycles. The van der Waals surface area contributed by atoms with Crippen LogP contribution in [0.5, 0.6) is 0 Å². The van der Waals surface area contributed by atoms with Crippen molar-refractivity contribution in [2.24, 2.45) is 23.2 Å². The summed E-state index contributed by atoms with van der Waals surface area (Å²) in [6, 6.07) is 0. The Kier molecular flexibility index (Phi) is 8.02. The molecule has 0 aromatic rings. The van der Waals surface area contributed by atoms with Gasteiger partial charge in [0.25, 0.3) is 0 Å². The zero-order valence-corrected chi connectivity index (χ0v) is 16.6. The molecular formula is C16H26N2O6Pt. The van der Waals surface area contributed by atoms with Crippen LogP contribution in [0.3, 0.4) is 0 Å². The van der Waals surface area contributed by atoms with E-state index in [0.29, 0.717) is 25.4 Å². The number of rotatable bonds is 5. The second-order valence-corrected chi connectivity index (χ2v) is 7.10. The van der Waals surface area contributed by atoms with Gasteiger partial charge in [-0.1, -0.05) is 13.8 Å². The van der Waals surface area contributed by atoms with Gasteiger partial charge in [0, 0.05) is 5.92 Å². The summed E-state index contributed by atoms with van der Waals surface area (Å²) < 4.78 is 11.5. The van der Waals surface area contributed by atoms with Gasteiger partial charge in [0.1, 0.15) is 0 Å². The topological polar surface area (TPSA) is 141 Å². The summed E-state index contributed by atoms with van der Waals surface area (Å²) in [5.41, 5.74) is 13.4. The quantitative estimate of drug-likeness (QED) is 0.516. The van der Waals surface area contributed by atoms with E-state index in [4.69, 9.17) is 31.2 Å². The molecule has 9 heteroatoms. The van der Waals surface area contributed by atoms with E-state index < -0.39 is 17.4 Å². The Morgan fingerprint density at radius 3 is 1.60 bits per heavy atom. The van der Waals surface area contributed by atoms with Gasteiger partial charge in [-0.15, -0.1) is 13.1 Å². The van der Waals surface area contributed by atoms with Gasteiger partial charge in [0.05, 0.1) is 12.2 Å². The number of nitrogens with one attached hydrogen (secondary N) is 2. The zero-order valence-electron chi connectivity index (χ0n) is 14.3. The predicted octanol–water partition coefficient (Wildman–Crippen LogP) is 2.43. The molecule has 3 rings (SSSR count). The Bertz CT molecular complexity index is 451. The summed E-state index contributed by atoms with van der Waals surface area (Å²) in [5, 5.41) is 16.9. The molecule has 1 saturated heterocycles. The van der Waals surface area contributed by atoms with Crippen molar-refractivity contribution in [2.75, 3.05) is 13.1 Å². The van der Waals surface area contributed by atoms with Crippen LogP contribution in [-0.2, 0) is 40.1 Å². The van der Waals surface area contributed by atoms with Crippen LogP contribution in [0, 0.1) is 23.2 Å². The van der Waals surface area contributed by atoms with Gasteiger partial charge in [-0.05, 0) is 31.1 Å². The van der Waals surface area contributed by atoms with Gasteiger partial charge in [0.15, 0.2) is 11.7 Å². The number of hydrogen-bond donors (Lipinski definition) is 2. The van der Waals surface area contributed by atoms with E-state index in [1.165, 1.54) is 0 Å². The molecule has 4 unspecified atom stereocenters. The fourth-order valence-electron chi connectivity index (χ4n) is 3.43. The van der Waals surface area contributed by atoms with Crippen molar-refractivity contribution in [3.05, 3.63) is 11.5 Å². The molecule has 2 saturated carbocycles. The number of aliphatic carboxylic acids is 2. The van der Waals surface area contributed by atoms with Crippen molar-refractivity contribution in [1.82, 2.24) is 0 Å². The van der Waals surface area contributed by atoms with Gasteiger partial charge >= 0.3 is 33.0 Å². The molecule has 4 N–H and O–H groups in total. The van der Waals surface area contributed by atoms with E-state index in [2.05, 4.69) is 13.8 Å². The van der Waals surface area contributed by atoms with E-state index in [1.54, 1.807) is 0 Å². The van der Waals surface area contributed by atoms with Gasteiger partial charge in [0.2, 0.25) is 0 Å². The van der Waals surface area contributed by atoms with Crippen LogP contribution in [-0.4, -0.2) is 53.7 Å². The molecule has 2 aliphatic carbocycles. The van der Waals surface area contributed by atoms with Crippen LogP contribution in [0.25, 0.3) is 11.5 Å². The number of hydrogen-bond acceptors (Lipinski definition) is 4. The number of carboxylic acid groups (broad SMARTS) is 2. The third-order valence-corrected chi connectivity index (χ3v) is 5.34. The minimum atomic E-state index is -1.44. The van der Waals surface area contributed by atoms with Crippen LogP contribution in [0.2, 0.25) is 0 Å². The fraction of sp³-hybridized carbons (Fsp3) is 0.875. The number of ether oxygens (including phenoxy) is 2. The van der Waals surface area contributed by atoms with Gasteiger partial charge in [-0.25, -0.2) is 0 Å². The molecule has 146 valence electrons. The summed E-state index contributed by atoms with van der Waals surface area (Å²) in [6.45, 7) is 4.86. The number of fused-ring (bicyclic) bond motifs is 1. The third kappa shape index (κ3) is 4.08. The third-order valence-electron chi connectivity index (χ3n) is 5.34. The maximum Gasteiger partial charge on any atom is 2.00 e. The van der Waals surface area contributed by atoms with Crippen molar-refractivity contribution < 1.29 is 50.3 Å². The molecule has 8 nitrogen and oxygen atoms in total. The van der Waals surface area contributed by atoms with Gasteiger partial charge in [-0.2, -0.15) is 0 Å². The number of carboxylic acids is 2. The maximum absolute atomic E-state index is 10.4. The number of carbonyl (C=O) groups is 2. The zero-order chi connectivity index (χ0) is 18.1. The standard InChI is InChI=1S/C10H18N2O2.C6H8O4.Pt/c1-5(2)10-13-8-6(3-11)7(4-12)9(8)14-10;7-4(8)6(5(9)10)2-1-3-6;/h5-12H,3-4H2,1-2H3;1-3H2,(H,7,8)(H,9,10);/q-2;;+2. The Balaban J connectivity index is 0.000000254. The SMILES string of the molecule is CC(C)C1OC2C(C[NH-])C(C[NH-])C2O1.O=C(O)C1(C(=O)O)CCC1.[Pt+2]. The Hall–Kier alpha value is -0.532. The maximum atomic E-state index is 10.4. The molecule has 1 heterocycles. The van der Waals surface area contributed by atoms with Crippen molar-refractivity contribution in [1.29, 1.82) is 0 Å². The summed E-state index contributed by atoms with van der Waals surface area (Å²) in [5.74, 6) is -1.60. The summed E-state index contributed by atoms with van der Waals surface area (Å²) in [7, 11) is 0. The van der Waals surface area contributed by atoms with Crippen LogP contribution in [0.1, 0.15) is 33.1 Å². The van der Waals surface area contributed by atoms with Crippen molar-refractivity contribution in [2.45, 2.75) is 51.6 Å². The van der Waals surface area contributed by atoms with Crippen LogP contribution in [0.4, 0.5) is 0 Å². The fourth-order valence-corrected chi connectivity index (χ4v) is 3.43. The second-order valence-electron chi connectivity index (χ2n) is 7.10. The Morgan fingerprint density at radius 1 is 1.04 bits per heavy atom. The first-order valence-electron chi connectivity index (χ1n) is 8.35. The average Bonchev–Trinajstić information content (AvgIpc) is 2.79. The van der Waals surface area contributed by atoms with Crippen LogP contribution >= 0.6 is 0 Å². The average molecular weight is 537 g/mol. The minimum Gasteiger partial charge on any atom is -0.677 e. The van der Waals surface area contributed by atoms with Gasteiger partial charge in [-0.3, -0.25) is 9.59 Å². The largest absolute Gasteiger partial charge is 2.00 e. The molecule has 0 aromatic carbocycles. The van der Waals surface area contributed by atoms with Crippen molar-refractivity contribution in [3.8, 4) is 0 Å². The summed E-state index contributed by atoms with van der Waals surface area (Å²) in [4.78, 5) is 20.7. The molecule has 3 aliphatic rings. The molecular weight excluding hydrogens is 511 g/mol. The van der Waals surface area contributed by atoms with E-state index >= 15 is 0 Å². The van der Waals surface area contributed by atoms with E-state index in [9.17, 15) is 9.59 Å². The van der Waals surface area contributed by atoms with Crippen molar-refractivity contribution in [3.63, 3.8) is 0 Å². The van der Waals surface area contributed by atoms with Crippen LogP contribution in [0.15, 0.2) is 0 Å². The summed E-state index contributed by atoms with van der Waals surface area (Å²) >= 11 is 0.